The highest BCUT2D eigenvalue weighted by atomic mass is 16.2. The third-order valence-electron chi connectivity index (χ3n) is 4.77. The molecule has 2 heterocycles. The summed E-state index contributed by atoms with van der Waals surface area (Å²) in [7, 11) is 1.58. The van der Waals surface area contributed by atoms with Crippen molar-refractivity contribution in [3.8, 4) is 16.8 Å². The summed E-state index contributed by atoms with van der Waals surface area (Å²) in [5.41, 5.74) is 3.79. The van der Waals surface area contributed by atoms with Gasteiger partial charge in [0.2, 0.25) is 11.9 Å². The molecule has 7 heteroatoms. The highest BCUT2D eigenvalue weighted by Crippen LogP contribution is 2.21. The number of amides is 2. The third-order valence-corrected chi connectivity index (χ3v) is 4.77. The van der Waals surface area contributed by atoms with Gasteiger partial charge in [0.15, 0.2) is 0 Å². The van der Waals surface area contributed by atoms with E-state index in [1.807, 2.05) is 60.7 Å². The largest absolute Gasteiger partial charge is 0.359 e. The zero-order valence-corrected chi connectivity index (χ0v) is 16.9. The van der Waals surface area contributed by atoms with Crippen molar-refractivity contribution < 1.29 is 9.59 Å². The molecule has 31 heavy (non-hydrogen) atoms. The fourth-order valence-electron chi connectivity index (χ4n) is 3.20. The molecule has 154 valence electrons. The summed E-state index contributed by atoms with van der Waals surface area (Å²) in [4.78, 5) is 33.3. The Morgan fingerprint density at radius 2 is 1.71 bits per heavy atom. The van der Waals surface area contributed by atoms with Crippen LogP contribution >= 0.6 is 0 Å². The minimum atomic E-state index is -0.287. The molecule has 0 aliphatic rings. The van der Waals surface area contributed by atoms with Crippen LogP contribution in [0.25, 0.3) is 16.8 Å². The second-order valence-electron chi connectivity index (χ2n) is 6.88. The predicted octanol–water partition coefficient (Wildman–Crippen LogP) is 3.48. The van der Waals surface area contributed by atoms with Crippen LogP contribution in [0.5, 0.6) is 0 Å². The highest BCUT2D eigenvalue weighted by Gasteiger charge is 2.16. The Labute approximate surface area is 179 Å². The lowest BCUT2D eigenvalue weighted by molar-refractivity contribution is -0.120. The number of likely N-dealkylation sites (N-methyl/N-ethyl adjacent to an activating group) is 1. The van der Waals surface area contributed by atoms with Crippen LogP contribution in [0.1, 0.15) is 16.1 Å². The first kappa shape index (κ1) is 20.0. The summed E-state index contributed by atoms with van der Waals surface area (Å²) in [5, 5.41) is 5.47. The molecule has 2 amide bonds. The van der Waals surface area contributed by atoms with Gasteiger partial charge in [0.25, 0.3) is 5.91 Å². The van der Waals surface area contributed by atoms with Crippen LogP contribution in [0.2, 0.25) is 0 Å². The lowest BCUT2D eigenvalue weighted by atomic mass is 10.0. The lowest BCUT2D eigenvalue weighted by Gasteiger charge is -2.10. The van der Waals surface area contributed by atoms with E-state index in [0.29, 0.717) is 17.2 Å². The average Bonchev–Trinajstić information content (AvgIpc) is 3.22. The topological polar surface area (TPSA) is 88.9 Å². The summed E-state index contributed by atoms with van der Waals surface area (Å²) < 4.78 is 1.77. The zero-order chi connectivity index (χ0) is 21.6. The smallest absolute Gasteiger partial charge is 0.258 e. The number of imidazole rings is 1. The molecule has 0 fully saturated rings. The molecule has 2 aromatic heterocycles. The lowest BCUT2D eigenvalue weighted by Crippen LogP contribution is -2.20. The Morgan fingerprint density at radius 1 is 0.935 bits per heavy atom. The van der Waals surface area contributed by atoms with Crippen molar-refractivity contribution in [2.75, 3.05) is 12.4 Å². The number of anilines is 1. The first-order chi connectivity index (χ1) is 15.1. The Hall–Kier alpha value is -4.26. The number of carbonyl (C=O) groups is 2. The molecule has 0 aliphatic carbocycles. The van der Waals surface area contributed by atoms with Gasteiger partial charge in [-0.2, -0.15) is 0 Å². The van der Waals surface area contributed by atoms with Gasteiger partial charge in [-0.15, -0.1) is 0 Å². The van der Waals surface area contributed by atoms with Crippen molar-refractivity contribution in [1.82, 2.24) is 19.9 Å². The zero-order valence-electron chi connectivity index (χ0n) is 16.9. The van der Waals surface area contributed by atoms with E-state index in [4.69, 9.17) is 0 Å². The summed E-state index contributed by atoms with van der Waals surface area (Å²) in [5.74, 6) is -0.0877. The van der Waals surface area contributed by atoms with Gasteiger partial charge >= 0.3 is 0 Å². The maximum Gasteiger partial charge on any atom is 0.258 e. The summed E-state index contributed by atoms with van der Waals surface area (Å²) in [6.07, 6.45) is 5.31. The van der Waals surface area contributed by atoms with E-state index < -0.39 is 0 Å². The molecule has 0 radical (unpaired) electrons. The Balaban J connectivity index is 1.64. The summed E-state index contributed by atoms with van der Waals surface area (Å²) >= 11 is 0. The van der Waals surface area contributed by atoms with E-state index in [9.17, 15) is 9.59 Å². The van der Waals surface area contributed by atoms with Crippen LogP contribution in [0.3, 0.4) is 0 Å². The molecule has 0 aliphatic heterocycles. The number of hydrogen-bond acceptors (Lipinski definition) is 4. The van der Waals surface area contributed by atoms with Crippen molar-refractivity contribution in [2.45, 2.75) is 6.42 Å². The Bertz CT molecular complexity index is 1200. The molecule has 4 aromatic rings. The third kappa shape index (κ3) is 4.67. The second-order valence-corrected chi connectivity index (χ2v) is 6.88. The number of aromatic nitrogens is 3. The number of rotatable bonds is 6. The summed E-state index contributed by atoms with van der Waals surface area (Å²) in [6, 6.07) is 20.7. The maximum atomic E-state index is 13.0. The number of nitrogens with zero attached hydrogens (tertiary/aromatic N) is 3. The number of carbonyl (C=O) groups excluding carboxylic acids is 2. The van der Waals surface area contributed by atoms with Gasteiger partial charge in [-0.1, -0.05) is 30.3 Å². The number of hydrogen-bond donors (Lipinski definition) is 2. The molecule has 0 atom stereocenters. The molecule has 0 unspecified atom stereocenters. The van der Waals surface area contributed by atoms with Crippen molar-refractivity contribution in [2.24, 2.45) is 0 Å². The molecule has 0 saturated heterocycles. The molecule has 4 rings (SSSR count). The van der Waals surface area contributed by atoms with Gasteiger partial charge in [-0.05, 0) is 47.5 Å². The summed E-state index contributed by atoms with van der Waals surface area (Å²) in [6.45, 7) is 0. The first-order valence-electron chi connectivity index (χ1n) is 9.80. The minimum Gasteiger partial charge on any atom is -0.359 e. The molecule has 0 spiro atoms. The molecule has 7 nitrogen and oxygen atoms in total. The van der Waals surface area contributed by atoms with E-state index in [2.05, 4.69) is 20.6 Å². The van der Waals surface area contributed by atoms with Gasteiger partial charge in [0.05, 0.1) is 12.1 Å². The Kier molecular flexibility index (Phi) is 5.84. The van der Waals surface area contributed by atoms with Gasteiger partial charge in [-0.3, -0.25) is 24.5 Å². The quantitative estimate of drug-likeness (QED) is 0.508. The SMILES string of the molecule is CNC(=O)Cc1cn(-c2ccccc2)c(NC(=O)c2cccc(-c3ccncc3)c2)n1. The standard InChI is InChI=1S/C24H21N5O2/c1-25-22(30)15-20-16-29(21-8-3-2-4-9-21)24(27-20)28-23(31)19-7-5-6-18(14-19)17-10-12-26-13-11-17/h2-14,16H,15H2,1H3,(H,25,30)(H,27,28,31). The predicted molar refractivity (Wildman–Crippen MR) is 119 cm³/mol. The second kappa shape index (κ2) is 9.04. The van der Waals surface area contributed by atoms with Crippen LogP contribution in [0.4, 0.5) is 5.95 Å². The van der Waals surface area contributed by atoms with E-state index in [0.717, 1.165) is 16.8 Å². The van der Waals surface area contributed by atoms with E-state index in [-0.39, 0.29) is 18.2 Å². The van der Waals surface area contributed by atoms with Gasteiger partial charge < -0.3 is 5.32 Å². The molecular formula is C24H21N5O2. The van der Waals surface area contributed by atoms with Crippen LogP contribution in [0, 0.1) is 0 Å². The minimum absolute atomic E-state index is 0.122. The van der Waals surface area contributed by atoms with Crippen LogP contribution in [-0.2, 0) is 11.2 Å². The maximum absolute atomic E-state index is 13.0. The molecular weight excluding hydrogens is 390 g/mol. The van der Waals surface area contributed by atoms with Crippen LogP contribution in [0.15, 0.2) is 85.3 Å². The fraction of sp³-hybridized carbons (Fsp3) is 0.0833. The number of nitrogens with one attached hydrogen (secondary N) is 2. The Morgan fingerprint density at radius 3 is 2.45 bits per heavy atom. The normalized spacial score (nSPS) is 10.5. The van der Waals surface area contributed by atoms with Gasteiger partial charge in [0.1, 0.15) is 0 Å². The van der Waals surface area contributed by atoms with E-state index >= 15 is 0 Å². The average molecular weight is 411 g/mol. The van der Waals surface area contributed by atoms with Crippen molar-refractivity contribution in [3.05, 3.63) is 96.6 Å². The van der Waals surface area contributed by atoms with Gasteiger partial charge in [0, 0.05) is 36.9 Å². The monoisotopic (exact) mass is 411 g/mol. The van der Waals surface area contributed by atoms with Crippen molar-refractivity contribution >= 4 is 17.8 Å². The molecule has 0 saturated carbocycles. The van der Waals surface area contributed by atoms with Crippen molar-refractivity contribution in [1.29, 1.82) is 0 Å². The number of pyridine rings is 1. The number of benzene rings is 2. The van der Waals surface area contributed by atoms with E-state index in [1.165, 1.54) is 0 Å². The molecule has 2 aromatic carbocycles. The molecule has 2 N–H and O–H groups in total. The fourth-order valence-corrected chi connectivity index (χ4v) is 3.20. The first-order valence-corrected chi connectivity index (χ1v) is 9.80. The number of para-hydroxylation sites is 1. The van der Waals surface area contributed by atoms with Crippen LogP contribution < -0.4 is 10.6 Å². The van der Waals surface area contributed by atoms with Gasteiger partial charge in [-0.25, -0.2) is 4.98 Å². The molecule has 0 bridgehead atoms. The van der Waals surface area contributed by atoms with E-state index in [1.54, 1.807) is 36.3 Å². The van der Waals surface area contributed by atoms with Crippen molar-refractivity contribution in [3.63, 3.8) is 0 Å². The highest BCUT2D eigenvalue weighted by molar-refractivity contribution is 6.04. The van der Waals surface area contributed by atoms with Crippen LogP contribution in [-0.4, -0.2) is 33.4 Å².